The second-order valence-electron chi connectivity index (χ2n) is 5.36. The maximum absolute atomic E-state index is 12.1. The fourth-order valence-corrected chi connectivity index (χ4v) is 2.58. The minimum atomic E-state index is -0.668. The first-order valence-electron chi connectivity index (χ1n) is 7.73. The van der Waals surface area contributed by atoms with Crippen molar-refractivity contribution in [2.24, 2.45) is 0 Å². The molecule has 1 N–H and O–H groups in total. The zero-order valence-corrected chi connectivity index (χ0v) is 14.6. The van der Waals surface area contributed by atoms with Crippen LogP contribution in [0.15, 0.2) is 54.6 Å². The fourth-order valence-electron chi connectivity index (χ4n) is 2.33. The molecule has 7 heteroatoms. The molecular weight excluding hydrogens is 356 g/mol. The molecule has 0 aliphatic heterocycles. The Bertz CT molecular complexity index is 975. The number of carbonyl (C=O) groups excluding carboxylic acids is 2. The number of benzene rings is 2. The first-order chi connectivity index (χ1) is 12.6. The molecule has 0 saturated carbocycles. The van der Waals surface area contributed by atoms with Crippen LogP contribution in [0, 0.1) is 0 Å². The summed E-state index contributed by atoms with van der Waals surface area (Å²) in [6, 6.07) is 15.6. The van der Waals surface area contributed by atoms with Crippen molar-refractivity contribution in [2.75, 3.05) is 19.0 Å². The Morgan fingerprint density at radius 3 is 2.69 bits per heavy atom. The summed E-state index contributed by atoms with van der Waals surface area (Å²) in [6.07, 6.45) is 0. The van der Waals surface area contributed by atoms with Crippen LogP contribution in [0.25, 0.3) is 10.9 Å². The highest BCUT2D eigenvalue weighted by molar-refractivity contribution is 6.32. The standard InChI is InChI=1S/C19H15ClN2O4/c1-25-17-9-7-13(10-14(17)20)21-18(23)11-26-19(24)16-8-6-12-4-2-3-5-15(12)22-16/h2-10H,11H2,1H3,(H,21,23). The van der Waals surface area contributed by atoms with Crippen LogP contribution in [0.5, 0.6) is 5.75 Å². The molecule has 1 amide bonds. The maximum atomic E-state index is 12.1. The average Bonchev–Trinajstić information content (AvgIpc) is 2.66. The lowest BCUT2D eigenvalue weighted by Gasteiger charge is -2.08. The number of aromatic nitrogens is 1. The molecule has 132 valence electrons. The summed E-state index contributed by atoms with van der Waals surface area (Å²) in [5, 5.41) is 3.87. The number of anilines is 1. The van der Waals surface area contributed by atoms with Crippen molar-refractivity contribution in [3.8, 4) is 5.75 Å². The molecule has 0 saturated heterocycles. The highest BCUT2D eigenvalue weighted by Crippen LogP contribution is 2.27. The van der Waals surface area contributed by atoms with Crippen molar-refractivity contribution in [2.45, 2.75) is 0 Å². The number of pyridine rings is 1. The summed E-state index contributed by atoms with van der Waals surface area (Å²) in [5.74, 6) is -0.655. The summed E-state index contributed by atoms with van der Waals surface area (Å²) in [7, 11) is 1.50. The predicted molar refractivity (Wildman–Crippen MR) is 98.7 cm³/mol. The summed E-state index contributed by atoms with van der Waals surface area (Å²) in [4.78, 5) is 28.3. The monoisotopic (exact) mass is 370 g/mol. The number of methoxy groups -OCH3 is 1. The SMILES string of the molecule is COc1ccc(NC(=O)COC(=O)c2ccc3ccccc3n2)cc1Cl. The van der Waals surface area contributed by atoms with E-state index in [1.807, 2.05) is 18.2 Å². The van der Waals surface area contributed by atoms with Gasteiger partial charge in [-0.25, -0.2) is 9.78 Å². The lowest BCUT2D eigenvalue weighted by molar-refractivity contribution is -0.119. The van der Waals surface area contributed by atoms with E-state index in [2.05, 4.69) is 10.3 Å². The third kappa shape index (κ3) is 4.10. The van der Waals surface area contributed by atoms with Crippen molar-refractivity contribution in [3.05, 3.63) is 65.3 Å². The van der Waals surface area contributed by atoms with E-state index in [0.29, 0.717) is 22.0 Å². The molecular formula is C19H15ClN2O4. The molecule has 0 atom stereocenters. The highest BCUT2D eigenvalue weighted by atomic mass is 35.5. The van der Waals surface area contributed by atoms with Gasteiger partial charge in [-0.2, -0.15) is 0 Å². The van der Waals surface area contributed by atoms with Crippen LogP contribution in [0.2, 0.25) is 5.02 Å². The largest absolute Gasteiger partial charge is 0.495 e. The molecule has 0 fully saturated rings. The molecule has 0 aliphatic carbocycles. The van der Waals surface area contributed by atoms with E-state index in [0.717, 1.165) is 5.39 Å². The smallest absolute Gasteiger partial charge is 0.357 e. The fraction of sp³-hybridized carbons (Fsp3) is 0.105. The van der Waals surface area contributed by atoms with Gasteiger partial charge in [0.05, 0.1) is 17.6 Å². The van der Waals surface area contributed by atoms with Crippen molar-refractivity contribution >= 4 is 40.1 Å². The van der Waals surface area contributed by atoms with Gasteiger partial charge in [0.2, 0.25) is 0 Å². The summed E-state index contributed by atoms with van der Waals surface area (Å²) in [5.41, 5.74) is 1.30. The summed E-state index contributed by atoms with van der Waals surface area (Å²) >= 11 is 6.00. The summed E-state index contributed by atoms with van der Waals surface area (Å²) < 4.78 is 10.1. The number of rotatable bonds is 5. The Hall–Kier alpha value is -3.12. The number of fused-ring (bicyclic) bond motifs is 1. The van der Waals surface area contributed by atoms with Crippen LogP contribution in [0.4, 0.5) is 5.69 Å². The van der Waals surface area contributed by atoms with Crippen LogP contribution in [0.3, 0.4) is 0 Å². The number of ether oxygens (including phenoxy) is 2. The lowest BCUT2D eigenvalue weighted by atomic mass is 10.2. The van der Waals surface area contributed by atoms with Gasteiger partial charge in [0, 0.05) is 11.1 Å². The molecule has 1 aromatic heterocycles. The van der Waals surface area contributed by atoms with Gasteiger partial charge in [0.15, 0.2) is 6.61 Å². The molecule has 2 aromatic carbocycles. The van der Waals surface area contributed by atoms with E-state index < -0.39 is 18.5 Å². The van der Waals surface area contributed by atoms with Crippen molar-refractivity contribution < 1.29 is 19.1 Å². The molecule has 0 bridgehead atoms. The number of hydrogen-bond donors (Lipinski definition) is 1. The number of carbonyl (C=O) groups is 2. The Balaban J connectivity index is 1.59. The number of nitrogens with one attached hydrogen (secondary N) is 1. The molecule has 3 aromatic rings. The molecule has 0 unspecified atom stereocenters. The van der Waals surface area contributed by atoms with E-state index in [4.69, 9.17) is 21.1 Å². The maximum Gasteiger partial charge on any atom is 0.357 e. The molecule has 0 radical (unpaired) electrons. The Morgan fingerprint density at radius 1 is 1.12 bits per heavy atom. The number of halogens is 1. The number of esters is 1. The van der Waals surface area contributed by atoms with Crippen molar-refractivity contribution in [3.63, 3.8) is 0 Å². The molecule has 0 aliphatic rings. The van der Waals surface area contributed by atoms with E-state index in [9.17, 15) is 9.59 Å². The molecule has 3 rings (SSSR count). The van der Waals surface area contributed by atoms with Gasteiger partial charge in [-0.3, -0.25) is 4.79 Å². The third-order valence-electron chi connectivity index (χ3n) is 3.58. The number of para-hydroxylation sites is 1. The predicted octanol–water partition coefficient (Wildman–Crippen LogP) is 3.69. The second kappa shape index (κ2) is 7.84. The van der Waals surface area contributed by atoms with Crippen molar-refractivity contribution in [1.29, 1.82) is 0 Å². The summed E-state index contributed by atoms with van der Waals surface area (Å²) in [6.45, 7) is -0.434. The second-order valence-corrected chi connectivity index (χ2v) is 5.77. The van der Waals surface area contributed by atoms with Crippen LogP contribution in [-0.4, -0.2) is 30.6 Å². The van der Waals surface area contributed by atoms with Crippen LogP contribution < -0.4 is 10.1 Å². The minimum Gasteiger partial charge on any atom is -0.495 e. The van der Waals surface area contributed by atoms with E-state index >= 15 is 0 Å². The number of nitrogens with zero attached hydrogens (tertiary/aromatic N) is 1. The van der Waals surface area contributed by atoms with Gasteiger partial charge in [-0.15, -0.1) is 0 Å². The van der Waals surface area contributed by atoms with E-state index in [1.54, 1.807) is 36.4 Å². The quantitative estimate of drug-likeness (QED) is 0.693. The number of amides is 1. The normalized spacial score (nSPS) is 10.4. The first-order valence-corrected chi connectivity index (χ1v) is 8.11. The Morgan fingerprint density at radius 2 is 1.92 bits per heavy atom. The molecule has 1 heterocycles. The van der Waals surface area contributed by atoms with E-state index in [1.165, 1.54) is 7.11 Å². The Kier molecular flexibility index (Phi) is 5.34. The van der Waals surface area contributed by atoms with E-state index in [-0.39, 0.29) is 5.69 Å². The first kappa shape index (κ1) is 17.7. The molecule has 26 heavy (non-hydrogen) atoms. The van der Waals surface area contributed by atoms with Gasteiger partial charge in [-0.1, -0.05) is 35.9 Å². The zero-order valence-electron chi connectivity index (χ0n) is 13.9. The average molecular weight is 371 g/mol. The number of hydrogen-bond acceptors (Lipinski definition) is 5. The lowest BCUT2D eigenvalue weighted by Crippen LogP contribution is -2.21. The minimum absolute atomic E-state index is 0.143. The molecule has 6 nitrogen and oxygen atoms in total. The Labute approximate surface area is 154 Å². The van der Waals surface area contributed by atoms with Gasteiger partial charge in [0.1, 0.15) is 11.4 Å². The topological polar surface area (TPSA) is 77.5 Å². The molecule has 0 spiro atoms. The third-order valence-corrected chi connectivity index (χ3v) is 3.87. The van der Waals surface area contributed by atoms with Crippen LogP contribution in [0.1, 0.15) is 10.5 Å². The highest BCUT2D eigenvalue weighted by Gasteiger charge is 2.13. The van der Waals surface area contributed by atoms with Gasteiger partial charge < -0.3 is 14.8 Å². The van der Waals surface area contributed by atoms with Crippen molar-refractivity contribution in [1.82, 2.24) is 4.98 Å². The van der Waals surface area contributed by atoms with Gasteiger partial charge in [-0.05, 0) is 30.3 Å². The van der Waals surface area contributed by atoms with Gasteiger partial charge >= 0.3 is 5.97 Å². The van der Waals surface area contributed by atoms with Gasteiger partial charge in [0.25, 0.3) is 5.91 Å². The van der Waals surface area contributed by atoms with Crippen LogP contribution >= 0.6 is 11.6 Å². The zero-order chi connectivity index (χ0) is 18.5. The van der Waals surface area contributed by atoms with Crippen LogP contribution in [-0.2, 0) is 9.53 Å².